The number of nitrogens with zero attached hydrogens (tertiary/aromatic N) is 1. The minimum atomic E-state index is -0.335. The standard InChI is InChI=1S/C13H20N2O2S/c1-4-10(9-18-3)15-8-12-11(13(16)17-2)6-5-7-14-12/h5-7,10,15H,4,8-9H2,1-3H3. The first-order valence-electron chi connectivity index (χ1n) is 5.97. The summed E-state index contributed by atoms with van der Waals surface area (Å²) in [5.41, 5.74) is 1.27. The van der Waals surface area contributed by atoms with Gasteiger partial charge in [-0.05, 0) is 24.8 Å². The molecular weight excluding hydrogens is 248 g/mol. The van der Waals surface area contributed by atoms with Gasteiger partial charge in [0.25, 0.3) is 0 Å². The summed E-state index contributed by atoms with van der Waals surface area (Å²) in [6.45, 7) is 2.73. The van der Waals surface area contributed by atoms with Crippen molar-refractivity contribution in [1.82, 2.24) is 10.3 Å². The number of aromatic nitrogens is 1. The number of ether oxygens (including phenoxy) is 1. The number of carbonyl (C=O) groups is 1. The minimum absolute atomic E-state index is 0.335. The zero-order chi connectivity index (χ0) is 13.4. The fraction of sp³-hybridized carbons (Fsp3) is 0.538. The van der Waals surface area contributed by atoms with Crippen molar-refractivity contribution in [3.63, 3.8) is 0 Å². The lowest BCUT2D eigenvalue weighted by atomic mass is 10.2. The molecule has 1 atom stereocenters. The van der Waals surface area contributed by atoms with E-state index >= 15 is 0 Å². The first kappa shape index (κ1) is 15.0. The average Bonchev–Trinajstić information content (AvgIpc) is 2.43. The van der Waals surface area contributed by atoms with Crippen LogP contribution in [0.5, 0.6) is 0 Å². The number of hydrogen-bond donors (Lipinski definition) is 1. The third-order valence-corrected chi connectivity index (χ3v) is 3.45. The quantitative estimate of drug-likeness (QED) is 0.767. The fourth-order valence-corrected chi connectivity index (χ4v) is 2.39. The molecule has 0 radical (unpaired) electrons. The molecule has 5 heteroatoms. The monoisotopic (exact) mass is 268 g/mol. The van der Waals surface area contributed by atoms with Gasteiger partial charge in [-0.1, -0.05) is 6.92 Å². The van der Waals surface area contributed by atoms with Crippen molar-refractivity contribution in [2.24, 2.45) is 0 Å². The molecular formula is C13H20N2O2S. The Morgan fingerprint density at radius 1 is 1.61 bits per heavy atom. The minimum Gasteiger partial charge on any atom is -0.465 e. The number of esters is 1. The largest absolute Gasteiger partial charge is 0.465 e. The number of thioether (sulfide) groups is 1. The first-order valence-corrected chi connectivity index (χ1v) is 7.36. The fourth-order valence-electron chi connectivity index (χ4n) is 1.64. The number of methoxy groups -OCH3 is 1. The lowest BCUT2D eigenvalue weighted by molar-refractivity contribution is 0.0598. The van der Waals surface area contributed by atoms with Crippen molar-refractivity contribution in [2.75, 3.05) is 19.1 Å². The van der Waals surface area contributed by atoms with Crippen molar-refractivity contribution >= 4 is 17.7 Å². The molecule has 1 aromatic rings. The summed E-state index contributed by atoms with van der Waals surface area (Å²) < 4.78 is 4.75. The molecule has 0 saturated heterocycles. The molecule has 0 aliphatic heterocycles. The van der Waals surface area contributed by atoms with Gasteiger partial charge in [0.05, 0.1) is 18.4 Å². The van der Waals surface area contributed by atoms with E-state index < -0.39 is 0 Å². The predicted molar refractivity (Wildman–Crippen MR) is 74.9 cm³/mol. The summed E-state index contributed by atoms with van der Waals surface area (Å²) in [7, 11) is 1.38. The van der Waals surface area contributed by atoms with Crippen LogP contribution < -0.4 is 5.32 Å². The van der Waals surface area contributed by atoms with Crippen molar-refractivity contribution in [3.05, 3.63) is 29.6 Å². The van der Waals surface area contributed by atoms with E-state index in [-0.39, 0.29) is 5.97 Å². The molecule has 1 N–H and O–H groups in total. The van der Waals surface area contributed by atoms with E-state index in [1.54, 1.807) is 18.3 Å². The van der Waals surface area contributed by atoms with Gasteiger partial charge in [0, 0.05) is 24.5 Å². The van der Waals surface area contributed by atoms with Crippen molar-refractivity contribution in [3.8, 4) is 0 Å². The van der Waals surface area contributed by atoms with E-state index in [1.165, 1.54) is 7.11 Å². The van der Waals surface area contributed by atoms with Crippen LogP contribution in [0.2, 0.25) is 0 Å². The predicted octanol–water partition coefficient (Wildman–Crippen LogP) is 2.10. The highest BCUT2D eigenvalue weighted by Crippen LogP contribution is 2.08. The molecule has 0 bridgehead atoms. The second kappa shape index (κ2) is 8.11. The lowest BCUT2D eigenvalue weighted by Crippen LogP contribution is -2.31. The third-order valence-electron chi connectivity index (χ3n) is 2.71. The number of pyridine rings is 1. The van der Waals surface area contributed by atoms with Crippen LogP contribution >= 0.6 is 11.8 Å². The number of carbonyl (C=O) groups excluding carboxylic acids is 1. The molecule has 1 heterocycles. The van der Waals surface area contributed by atoms with Gasteiger partial charge in [0.2, 0.25) is 0 Å². The topological polar surface area (TPSA) is 51.2 Å². The Morgan fingerprint density at radius 3 is 3.00 bits per heavy atom. The van der Waals surface area contributed by atoms with E-state index in [0.29, 0.717) is 18.2 Å². The van der Waals surface area contributed by atoms with Gasteiger partial charge in [-0.2, -0.15) is 11.8 Å². The average molecular weight is 268 g/mol. The molecule has 0 aromatic carbocycles. The Morgan fingerprint density at radius 2 is 2.39 bits per heavy atom. The first-order chi connectivity index (χ1) is 8.72. The van der Waals surface area contributed by atoms with E-state index in [2.05, 4.69) is 23.5 Å². The molecule has 1 unspecified atom stereocenters. The van der Waals surface area contributed by atoms with Gasteiger partial charge in [-0.15, -0.1) is 0 Å². The lowest BCUT2D eigenvalue weighted by Gasteiger charge is -2.16. The van der Waals surface area contributed by atoms with Gasteiger partial charge in [-0.25, -0.2) is 4.79 Å². The summed E-state index contributed by atoms with van der Waals surface area (Å²) in [5, 5.41) is 3.41. The van der Waals surface area contributed by atoms with Crippen LogP contribution in [0.4, 0.5) is 0 Å². The van der Waals surface area contributed by atoms with Gasteiger partial charge < -0.3 is 10.1 Å². The van der Waals surface area contributed by atoms with Crippen molar-refractivity contribution < 1.29 is 9.53 Å². The molecule has 0 amide bonds. The highest BCUT2D eigenvalue weighted by atomic mass is 32.2. The van der Waals surface area contributed by atoms with Crippen LogP contribution in [0.25, 0.3) is 0 Å². The van der Waals surface area contributed by atoms with Crippen LogP contribution in [-0.2, 0) is 11.3 Å². The smallest absolute Gasteiger partial charge is 0.339 e. The summed E-state index contributed by atoms with van der Waals surface area (Å²) in [5.74, 6) is 0.717. The van der Waals surface area contributed by atoms with Crippen molar-refractivity contribution in [1.29, 1.82) is 0 Å². The molecule has 0 fully saturated rings. The number of rotatable bonds is 7. The molecule has 4 nitrogen and oxygen atoms in total. The summed E-state index contributed by atoms with van der Waals surface area (Å²) in [6, 6.07) is 3.92. The van der Waals surface area contributed by atoms with E-state index in [4.69, 9.17) is 4.74 Å². The summed E-state index contributed by atoms with van der Waals surface area (Å²) in [4.78, 5) is 15.8. The second-order valence-corrected chi connectivity index (χ2v) is 4.84. The molecule has 0 aliphatic carbocycles. The third kappa shape index (κ3) is 4.31. The number of hydrogen-bond acceptors (Lipinski definition) is 5. The maximum absolute atomic E-state index is 11.6. The molecule has 100 valence electrons. The van der Waals surface area contributed by atoms with Crippen LogP contribution in [0.3, 0.4) is 0 Å². The molecule has 1 rings (SSSR count). The Kier molecular flexibility index (Phi) is 6.75. The van der Waals surface area contributed by atoms with Gasteiger partial charge in [0.1, 0.15) is 0 Å². The van der Waals surface area contributed by atoms with Crippen LogP contribution in [-0.4, -0.2) is 36.1 Å². The Balaban J connectivity index is 2.69. The van der Waals surface area contributed by atoms with E-state index in [9.17, 15) is 4.79 Å². The van der Waals surface area contributed by atoms with Crippen molar-refractivity contribution in [2.45, 2.75) is 25.9 Å². The SMILES string of the molecule is CCC(CSC)NCc1ncccc1C(=O)OC. The maximum Gasteiger partial charge on any atom is 0.339 e. The van der Waals surface area contributed by atoms with Gasteiger partial charge >= 0.3 is 5.97 Å². The van der Waals surface area contributed by atoms with Crippen LogP contribution in [0.15, 0.2) is 18.3 Å². The van der Waals surface area contributed by atoms with Crippen LogP contribution in [0.1, 0.15) is 29.4 Å². The normalized spacial score (nSPS) is 12.2. The zero-order valence-electron chi connectivity index (χ0n) is 11.1. The molecule has 1 aromatic heterocycles. The van der Waals surface area contributed by atoms with Gasteiger partial charge in [0.15, 0.2) is 0 Å². The maximum atomic E-state index is 11.6. The molecule has 0 saturated carbocycles. The highest BCUT2D eigenvalue weighted by Gasteiger charge is 2.13. The Labute approximate surface area is 113 Å². The Hall–Kier alpha value is -1.07. The van der Waals surface area contributed by atoms with E-state index in [0.717, 1.165) is 17.9 Å². The summed E-state index contributed by atoms with van der Waals surface area (Å²) in [6.07, 6.45) is 4.84. The Bertz CT molecular complexity index is 385. The summed E-state index contributed by atoms with van der Waals surface area (Å²) >= 11 is 1.81. The molecule has 0 spiro atoms. The van der Waals surface area contributed by atoms with E-state index in [1.807, 2.05) is 11.8 Å². The molecule has 0 aliphatic rings. The second-order valence-electron chi connectivity index (χ2n) is 3.93. The molecule has 18 heavy (non-hydrogen) atoms. The highest BCUT2D eigenvalue weighted by molar-refractivity contribution is 7.98. The van der Waals surface area contributed by atoms with Crippen LogP contribution in [0, 0.1) is 0 Å². The number of nitrogens with one attached hydrogen (secondary N) is 1. The zero-order valence-corrected chi connectivity index (χ0v) is 11.9. The van der Waals surface area contributed by atoms with Gasteiger partial charge in [-0.3, -0.25) is 4.98 Å².